The van der Waals surface area contributed by atoms with Gasteiger partial charge < -0.3 is 10.2 Å². The van der Waals surface area contributed by atoms with Crippen LogP contribution in [0.4, 0.5) is 10.1 Å². The number of anilines is 1. The molecule has 2 aromatic rings. The summed E-state index contributed by atoms with van der Waals surface area (Å²) >= 11 is 0. The van der Waals surface area contributed by atoms with Crippen LogP contribution in [0, 0.1) is 5.82 Å². The molecular weight excluding hydrogens is 251 g/mol. The number of nitrogens with one attached hydrogen (secondary N) is 1. The van der Waals surface area contributed by atoms with Crippen LogP contribution in [-0.4, -0.2) is 19.6 Å². The van der Waals surface area contributed by atoms with Crippen LogP contribution in [0.5, 0.6) is 0 Å². The maximum absolute atomic E-state index is 13.1. The van der Waals surface area contributed by atoms with Crippen molar-refractivity contribution in [1.29, 1.82) is 0 Å². The second-order valence-electron chi connectivity index (χ2n) is 5.44. The first-order chi connectivity index (χ1) is 9.70. The van der Waals surface area contributed by atoms with Crippen molar-refractivity contribution in [2.75, 3.05) is 24.5 Å². The third kappa shape index (κ3) is 2.29. The van der Waals surface area contributed by atoms with Gasteiger partial charge in [0.1, 0.15) is 5.82 Å². The van der Waals surface area contributed by atoms with Crippen LogP contribution < -0.4 is 10.2 Å². The van der Waals surface area contributed by atoms with E-state index in [1.165, 1.54) is 17.7 Å². The van der Waals surface area contributed by atoms with E-state index in [-0.39, 0.29) is 11.4 Å². The van der Waals surface area contributed by atoms with Gasteiger partial charge in [-0.2, -0.15) is 0 Å². The van der Waals surface area contributed by atoms with E-state index in [2.05, 4.69) is 41.4 Å². The van der Waals surface area contributed by atoms with E-state index in [4.69, 9.17) is 0 Å². The largest absolute Gasteiger partial charge is 0.359 e. The van der Waals surface area contributed by atoms with Crippen molar-refractivity contribution in [3.8, 4) is 0 Å². The number of piperazine rings is 1. The highest BCUT2D eigenvalue weighted by Crippen LogP contribution is 2.33. The van der Waals surface area contributed by atoms with Crippen LogP contribution in [0.3, 0.4) is 0 Å². The zero-order valence-corrected chi connectivity index (χ0v) is 11.6. The monoisotopic (exact) mass is 270 g/mol. The second-order valence-corrected chi connectivity index (χ2v) is 5.44. The predicted molar refractivity (Wildman–Crippen MR) is 80.4 cm³/mol. The third-order valence-electron chi connectivity index (χ3n) is 4.11. The molecular formula is C17H19FN2. The first kappa shape index (κ1) is 13.1. The van der Waals surface area contributed by atoms with Crippen LogP contribution in [-0.2, 0) is 5.54 Å². The lowest BCUT2D eigenvalue weighted by Gasteiger charge is -2.47. The molecule has 0 aromatic heterocycles. The van der Waals surface area contributed by atoms with Crippen molar-refractivity contribution in [3.05, 3.63) is 66.0 Å². The molecule has 0 radical (unpaired) electrons. The summed E-state index contributed by atoms with van der Waals surface area (Å²) in [6.07, 6.45) is 0. The average Bonchev–Trinajstić information content (AvgIpc) is 2.50. The summed E-state index contributed by atoms with van der Waals surface area (Å²) in [5, 5.41) is 3.47. The molecule has 1 saturated heterocycles. The van der Waals surface area contributed by atoms with Gasteiger partial charge in [0, 0.05) is 25.3 Å². The van der Waals surface area contributed by atoms with Crippen molar-refractivity contribution >= 4 is 5.69 Å². The first-order valence-electron chi connectivity index (χ1n) is 7.00. The second kappa shape index (κ2) is 5.25. The van der Waals surface area contributed by atoms with Crippen LogP contribution in [0.1, 0.15) is 12.5 Å². The minimum Gasteiger partial charge on any atom is -0.359 e. The highest BCUT2D eigenvalue weighted by molar-refractivity contribution is 5.52. The molecule has 3 heteroatoms. The van der Waals surface area contributed by atoms with Gasteiger partial charge in [-0.25, -0.2) is 4.39 Å². The topological polar surface area (TPSA) is 15.3 Å². The Balaban J connectivity index is 2.01. The molecule has 3 rings (SSSR count). The predicted octanol–water partition coefficient (Wildman–Crippen LogP) is 3.15. The maximum Gasteiger partial charge on any atom is 0.123 e. The quantitative estimate of drug-likeness (QED) is 0.902. The van der Waals surface area contributed by atoms with E-state index in [1.54, 1.807) is 0 Å². The van der Waals surface area contributed by atoms with Gasteiger partial charge in [0.05, 0.1) is 5.54 Å². The Labute approximate surface area is 119 Å². The Morgan fingerprint density at radius 2 is 1.75 bits per heavy atom. The van der Waals surface area contributed by atoms with Gasteiger partial charge >= 0.3 is 0 Å². The minimum absolute atomic E-state index is 0.114. The molecule has 104 valence electrons. The fourth-order valence-corrected chi connectivity index (χ4v) is 2.96. The SMILES string of the molecule is CC1(c2ccccc2)CNCCN1c1ccc(F)cc1. The summed E-state index contributed by atoms with van der Waals surface area (Å²) in [7, 11) is 0. The highest BCUT2D eigenvalue weighted by Gasteiger charge is 2.36. The number of rotatable bonds is 2. The molecule has 0 aliphatic carbocycles. The molecule has 1 atom stereocenters. The molecule has 20 heavy (non-hydrogen) atoms. The summed E-state index contributed by atoms with van der Waals surface area (Å²) in [6.45, 7) is 4.98. The van der Waals surface area contributed by atoms with Gasteiger partial charge in [0.15, 0.2) is 0 Å². The van der Waals surface area contributed by atoms with Crippen LogP contribution in [0.15, 0.2) is 54.6 Å². The van der Waals surface area contributed by atoms with Crippen LogP contribution in [0.2, 0.25) is 0 Å². The van der Waals surface area contributed by atoms with E-state index in [1.807, 2.05) is 18.2 Å². The van der Waals surface area contributed by atoms with Crippen molar-refractivity contribution < 1.29 is 4.39 Å². The Kier molecular flexibility index (Phi) is 3.45. The summed E-state index contributed by atoms with van der Waals surface area (Å²) in [5.74, 6) is -0.190. The molecule has 0 amide bonds. The molecule has 0 spiro atoms. The Morgan fingerprint density at radius 3 is 2.45 bits per heavy atom. The number of hydrogen-bond acceptors (Lipinski definition) is 2. The van der Waals surface area contributed by atoms with E-state index < -0.39 is 0 Å². The van der Waals surface area contributed by atoms with E-state index in [9.17, 15) is 4.39 Å². The van der Waals surface area contributed by atoms with E-state index in [0.717, 1.165) is 25.3 Å². The van der Waals surface area contributed by atoms with Crippen LogP contribution >= 0.6 is 0 Å². The van der Waals surface area contributed by atoms with E-state index >= 15 is 0 Å². The fraction of sp³-hybridized carbons (Fsp3) is 0.294. The summed E-state index contributed by atoms with van der Waals surface area (Å²) < 4.78 is 13.1. The van der Waals surface area contributed by atoms with Crippen molar-refractivity contribution in [2.45, 2.75) is 12.5 Å². The smallest absolute Gasteiger partial charge is 0.123 e. The Morgan fingerprint density at radius 1 is 1.05 bits per heavy atom. The molecule has 2 nitrogen and oxygen atoms in total. The van der Waals surface area contributed by atoms with Gasteiger partial charge in [-0.05, 0) is 36.8 Å². The molecule has 1 aliphatic rings. The molecule has 1 N–H and O–H groups in total. The first-order valence-corrected chi connectivity index (χ1v) is 7.00. The van der Waals surface area contributed by atoms with Gasteiger partial charge in [0.2, 0.25) is 0 Å². The summed E-state index contributed by atoms with van der Waals surface area (Å²) in [5.41, 5.74) is 2.23. The van der Waals surface area contributed by atoms with Gasteiger partial charge in [0.25, 0.3) is 0 Å². The number of halogens is 1. The van der Waals surface area contributed by atoms with Gasteiger partial charge in [-0.15, -0.1) is 0 Å². The number of nitrogens with zero attached hydrogens (tertiary/aromatic N) is 1. The Hall–Kier alpha value is -1.87. The minimum atomic E-state index is -0.190. The lowest BCUT2D eigenvalue weighted by Crippen LogP contribution is -2.57. The van der Waals surface area contributed by atoms with Crippen molar-refractivity contribution in [2.24, 2.45) is 0 Å². The molecule has 0 bridgehead atoms. The maximum atomic E-state index is 13.1. The third-order valence-corrected chi connectivity index (χ3v) is 4.11. The summed E-state index contributed by atoms with van der Waals surface area (Å²) in [6, 6.07) is 17.3. The molecule has 2 aromatic carbocycles. The molecule has 1 aliphatic heterocycles. The normalized spacial score (nSPS) is 22.8. The molecule has 0 saturated carbocycles. The zero-order valence-electron chi connectivity index (χ0n) is 11.6. The zero-order chi connectivity index (χ0) is 14.0. The van der Waals surface area contributed by atoms with Crippen molar-refractivity contribution in [3.63, 3.8) is 0 Å². The number of hydrogen-bond donors (Lipinski definition) is 1. The molecule has 1 fully saturated rings. The molecule has 1 unspecified atom stereocenters. The van der Waals surface area contributed by atoms with Gasteiger partial charge in [-0.1, -0.05) is 30.3 Å². The number of benzene rings is 2. The summed E-state index contributed by atoms with van der Waals surface area (Å²) in [4.78, 5) is 2.36. The van der Waals surface area contributed by atoms with Crippen molar-refractivity contribution in [1.82, 2.24) is 5.32 Å². The van der Waals surface area contributed by atoms with Gasteiger partial charge in [-0.3, -0.25) is 0 Å². The van der Waals surface area contributed by atoms with E-state index in [0.29, 0.717) is 0 Å². The Bertz CT molecular complexity index is 567. The standard InChI is InChI=1S/C17H19FN2/c1-17(14-5-3-2-4-6-14)13-19-11-12-20(17)16-9-7-15(18)8-10-16/h2-10,19H,11-13H2,1H3. The average molecular weight is 270 g/mol. The highest BCUT2D eigenvalue weighted by atomic mass is 19.1. The lowest BCUT2D eigenvalue weighted by atomic mass is 9.87. The molecule has 1 heterocycles. The lowest BCUT2D eigenvalue weighted by molar-refractivity contribution is 0.361. The fourth-order valence-electron chi connectivity index (χ4n) is 2.96. The van der Waals surface area contributed by atoms with Crippen LogP contribution in [0.25, 0.3) is 0 Å².